The number of fused-ring (bicyclic) bond motifs is 3. The maximum atomic E-state index is 11.9. The van der Waals surface area contributed by atoms with E-state index in [9.17, 15) is 21.6 Å². The molecule has 0 saturated heterocycles. The molecule has 3 N–H and O–H groups in total. The smallest absolute Gasteiger partial charge is 0.407 e. The quantitative estimate of drug-likeness (QED) is 0.0823. The van der Waals surface area contributed by atoms with Crippen molar-refractivity contribution in [2.75, 3.05) is 17.3 Å². The molecule has 0 unspecified atom stereocenters. The van der Waals surface area contributed by atoms with Crippen LogP contribution in [0.3, 0.4) is 0 Å². The average Bonchev–Trinajstić information content (AvgIpc) is 1.70. The molecule has 3 fully saturated rings. The van der Waals surface area contributed by atoms with E-state index in [0.717, 1.165) is 59.2 Å². The summed E-state index contributed by atoms with van der Waals surface area (Å²) in [5.74, 6) is 6.27. The van der Waals surface area contributed by atoms with Crippen molar-refractivity contribution in [1.29, 1.82) is 0 Å². The number of hydrogen-bond donors (Lipinski definition) is 2. The van der Waals surface area contributed by atoms with Gasteiger partial charge in [-0.2, -0.15) is 15.0 Å². The van der Waals surface area contributed by atoms with Crippen molar-refractivity contribution in [2.45, 2.75) is 170 Å². The summed E-state index contributed by atoms with van der Waals surface area (Å²) >= 11 is 0. The lowest BCUT2D eigenvalue weighted by Gasteiger charge is -2.35. The Morgan fingerprint density at radius 1 is 0.549 bits per heavy atom. The molecule has 0 atom stereocenters. The summed E-state index contributed by atoms with van der Waals surface area (Å²) < 4.78 is 72.5. The van der Waals surface area contributed by atoms with Crippen LogP contribution in [-0.4, -0.2) is 165 Å². The fourth-order valence-electron chi connectivity index (χ4n) is 9.90. The van der Waals surface area contributed by atoms with Crippen LogP contribution in [0, 0.1) is 26.7 Å². The minimum atomic E-state index is -3.19. The van der Waals surface area contributed by atoms with Gasteiger partial charge in [-0.1, -0.05) is 13.8 Å². The van der Waals surface area contributed by atoms with Gasteiger partial charge in [0.1, 0.15) is 87.7 Å². The number of hydrogen-bond acceptors (Lipinski definition) is 25. The van der Waals surface area contributed by atoms with E-state index in [4.69, 9.17) is 39.6 Å². The Balaban J connectivity index is 0.000000168. The lowest BCUT2D eigenvalue weighted by molar-refractivity contribution is 0.0357. The van der Waals surface area contributed by atoms with Gasteiger partial charge in [-0.25, -0.2) is 81.4 Å². The number of rotatable bonds is 17. The average molecular weight is 1330 g/mol. The first-order valence-corrected chi connectivity index (χ1v) is 34.0. The van der Waals surface area contributed by atoms with E-state index in [1.54, 1.807) is 44.1 Å². The van der Waals surface area contributed by atoms with Crippen molar-refractivity contribution in [1.82, 2.24) is 93.8 Å². The van der Waals surface area contributed by atoms with Gasteiger partial charge in [-0.05, 0) is 93.9 Å². The number of carbonyl (C=O) groups is 1. The van der Waals surface area contributed by atoms with Gasteiger partial charge in [0.2, 0.25) is 26.7 Å². The highest BCUT2D eigenvalue weighted by atomic mass is 35.7. The standard InChI is InChI=1S/C21H27N7O3.C19H24N6O3S.C16H19N7O.C2H5ClO2S.ClH/c1-6-28-17(13-9-22-12(2)23-10-13)27-16-18(28)24-11-25-19(16)30-15-7-14(8-15)26-20(29)31-21(3,4)5;1-4-25-17(14-8-20-12(3)21-9-14)24-16-18(25)22-11-23-19(16)28-15-6-13(7-15)10-29(26,27)5-2;1-3-23-14(10-6-18-9(2)19-7-10)22-13-15(23)20-8-21-16(13)24-12-4-11(17)5-12;1-2-6(3,4)5;/h9-11,14-15H,6-8H2,1-5H3,(H,26,29);8-9,11,13,15H,4-7,10H2,1-3H3;6-8,11-12H,3-5,17H2,1-2H3;2H2,1H3;1H. The number of nitrogens with zero attached hydrogens (tertiary/aromatic N) is 18. The van der Waals surface area contributed by atoms with Gasteiger partial charge in [0.25, 0.3) is 0 Å². The summed E-state index contributed by atoms with van der Waals surface area (Å²) in [5.41, 5.74) is 11.8. The number of ether oxygens (including phenoxy) is 4. The molecular formula is C58H76Cl2N20O9S2. The van der Waals surface area contributed by atoms with Crippen molar-refractivity contribution in [3.63, 3.8) is 0 Å². The van der Waals surface area contributed by atoms with Gasteiger partial charge in [-0.3, -0.25) is 0 Å². The predicted octanol–water partition coefficient (Wildman–Crippen LogP) is 7.73. The first-order chi connectivity index (χ1) is 42.8. The Morgan fingerprint density at radius 3 is 1.18 bits per heavy atom. The van der Waals surface area contributed by atoms with Gasteiger partial charge in [0.05, 0.1) is 28.2 Å². The van der Waals surface area contributed by atoms with Crippen molar-refractivity contribution in [3.8, 4) is 51.8 Å². The molecule has 12 rings (SSSR count). The van der Waals surface area contributed by atoms with Crippen LogP contribution in [0.2, 0.25) is 0 Å². The van der Waals surface area contributed by atoms with E-state index in [2.05, 4.69) is 75.8 Å². The number of aromatic nitrogens is 18. The van der Waals surface area contributed by atoms with Crippen LogP contribution >= 0.6 is 23.1 Å². The molecule has 3 aliphatic carbocycles. The van der Waals surface area contributed by atoms with E-state index in [1.807, 2.05) is 76.0 Å². The first-order valence-electron chi connectivity index (χ1n) is 29.7. The molecule has 0 radical (unpaired) electrons. The monoisotopic (exact) mass is 1330 g/mol. The van der Waals surface area contributed by atoms with E-state index in [0.29, 0.717) is 102 Å². The predicted molar refractivity (Wildman–Crippen MR) is 343 cm³/mol. The van der Waals surface area contributed by atoms with Gasteiger partial charge in [0.15, 0.2) is 33.5 Å². The second-order valence-electron chi connectivity index (χ2n) is 22.8. The van der Waals surface area contributed by atoms with Crippen molar-refractivity contribution < 1.29 is 40.6 Å². The van der Waals surface area contributed by atoms with Crippen LogP contribution < -0.4 is 25.3 Å². The third-order valence-corrected chi connectivity index (χ3v) is 18.0. The number of aryl methyl sites for hydroxylation is 6. The summed E-state index contributed by atoms with van der Waals surface area (Å²) in [4.78, 5) is 77.7. The van der Waals surface area contributed by atoms with Crippen molar-refractivity contribution in [2.24, 2.45) is 11.7 Å². The van der Waals surface area contributed by atoms with Crippen LogP contribution in [-0.2, 0) is 43.3 Å². The van der Waals surface area contributed by atoms with Gasteiger partial charge in [0, 0.05) is 98.2 Å². The Bertz CT molecular complexity index is 4180. The third kappa shape index (κ3) is 17.3. The minimum Gasteiger partial charge on any atom is -0.473 e. The molecule has 0 aliphatic heterocycles. The minimum absolute atomic E-state index is 0. The SMILES string of the molecule is CCS(=O)(=O)Cl.CCn1c(-c2cnc(C)nc2)nc2c(OC3CC(CS(=O)(=O)CC)C3)ncnc21.CCn1c(-c2cnc(C)nc2)nc2c(OC3CC(N)C3)ncnc21.CCn1c(-c2cnc(C)nc2)nc2c(OC3CC(NC(=O)OC(C)(C)C)C3)ncnc21.Cl. The number of carbonyl (C=O) groups excluding carboxylic acids is 1. The molecule has 3 aliphatic rings. The zero-order valence-corrected chi connectivity index (χ0v) is 55.8. The number of imidazole rings is 3. The third-order valence-electron chi connectivity index (χ3n) is 14.8. The molecule has 29 nitrogen and oxygen atoms in total. The Hall–Kier alpha value is -8.00. The zero-order valence-electron chi connectivity index (χ0n) is 52.5. The summed E-state index contributed by atoms with van der Waals surface area (Å²) in [6.45, 7) is 22.4. The number of nitrogens with one attached hydrogen (secondary N) is 1. The molecule has 33 heteroatoms. The first kappa shape index (κ1) is 68.9. The molecule has 9 aromatic rings. The summed E-state index contributed by atoms with van der Waals surface area (Å²) in [6, 6.07) is 0.242. The number of amides is 1. The maximum Gasteiger partial charge on any atom is 0.407 e. The summed E-state index contributed by atoms with van der Waals surface area (Å²) in [5, 5.41) is 2.87. The van der Waals surface area contributed by atoms with Crippen molar-refractivity contribution in [3.05, 3.63) is 73.6 Å². The summed E-state index contributed by atoms with van der Waals surface area (Å²) in [6.07, 6.45) is 19.1. The molecule has 9 aromatic heterocycles. The normalized spacial score (nSPS) is 18.5. The lowest BCUT2D eigenvalue weighted by Crippen LogP contribution is -2.50. The summed E-state index contributed by atoms with van der Waals surface area (Å²) in [7, 11) is -1.46. The number of sulfone groups is 1. The molecule has 9 heterocycles. The Labute approximate surface area is 537 Å². The maximum absolute atomic E-state index is 11.9. The van der Waals surface area contributed by atoms with Crippen LogP contribution in [0.4, 0.5) is 4.79 Å². The fourth-order valence-corrected chi connectivity index (χ4v) is 11.1. The topological polar surface area (TPSA) is 368 Å². The lowest BCUT2D eigenvalue weighted by atomic mass is 9.84. The molecule has 91 heavy (non-hydrogen) atoms. The van der Waals surface area contributed by atoms with Crippen LogP contribution in [0.5, 0.6) is 17.6 Å². The van der Waals surface area contributed by atoms with Gasteiger partial charge in [-0.15, -0.1) is 12.4 Å². The number of nitrogens with two attached hydrogens (primary N) is 1. The van der Waals surface area contributed by atoms with E-state index >= 15 is 0 Å². The van der Waals surface area contributed by atoms with Crippen LogP contribution in [0.1, 0.15) is 111 Å². The second-order valence-corrected chi connectivity index (χ2v) is 28.2. The molecular weight excluding hydrogens is 1260 g/mol. The largest absolute Gasteiger partial charge is 0.473 e. The highest BCUT2D eigenvalue weighted by Gasteiger charge is 2.37. The van der Waals surface area contributed by atoms with Crippen LogP contribution in [0.25, 0.3) is 67.7 Å². The second kappa shape index (κ2) is 29.5. The van der Waals surface area contributed by atoms with Gasteiger partial charge >= 0.3 is 6.09 Å². The highest BCUT2D eigenvalue weighted by molar-refractivity contribution is 8.13. The Kier molecular flexibility index (Phi) is 22.4. The molecule has 0 bridgehead atoms. The van der Waals surface area contributed by atoms with Crippen LogP contribution in [0.15, 0.2) is 56.2 Å². The Morgan fingerprint density at radius 2 is 0.879 bits per heavy atom. The van der Waals surface area contributed by atoms with E-state index in [1.165, 1.54) is 25.9 Å². The molecule has 0 spiro atoms. The molecule has 488 valence electrons. The van der Waals surface area contributed by atoms with Crippen molar-refractivity contribution >= 4 is 81.6 Å². The highest BCUT2D eigenvalue weighted by Crippen LogP contribution is 2.36. The number of alkyl carbamates (subject to hydrolysis) is 1. The zero-order chi connectivity index (χ0) is 64.7. The van der Waals surface area contributed by atoms with E-state index in [-0.39, 0.29) is 66.0 Å². The molecule has 0 aromatic carbocycles. The van der Waals surface area contributed by atoms with E-state index < -0.39 is 30.6 Å². The fraction of sp³-hybridized carbons (Fsp3) is 0.517. The number of halogens is 2. The van der Waals surface area contributed by atoms with Gasteiger partial charge < -0.3 is 43.7 Å². The molecule has 3 saturated carbocycles. The molecule has 1 amide bonds.